The van der Waals surface area contributed by atoms with Crippen molar-refractivity contribution in [3.05, 3.63) is 0 Å². The molecular weight excluding hydrogens is 220 g/mol. The molecule has 0 amide bonds. The zero-order chi connectivity index (χ0) is 15.0. The van der Waals surface area contributed by atoms with Crippen LogP contribution in [0.1, 0.15) is 74.1 Å². The van der Waals surface area contributed by atoms with E-state index in [-0.39, 0.29) is 5.54 Å². The van der Waals surface area contributed by atoms with Crippen LogP contribution < -0.4 is 5.73 Å². The van der Waals surface area contributed by atoms with E-state index < -0.39 is 0 Å². The van der Waals surface area contributed by atoms with Crippen molar-refractivity contribution < 1.29 is 0 Å². The highest BCUT2D eigenvalue weighted by atomic mass is 14.9. The Morgan fingerprint density at radius 3 is 1.78 bits per heavy atom. The molecule has 0 aromatic carbocycles. The third kappa shape index (κ3) is 3.57. The van der Waals surface area contributed by atoms with Gasteiger partial charge in [0.2, 0.25) is 0 Å². The minimum atomic E-state index is 0.177. The molecule has 18 heavy (non-hydrogen) atoms. The fourth-order valence-corrected chi connectivity index (χ4v) is 3.18. The molecule has 2 bridgehead atoms. The molecule has 0 aromatic heterocycles. The van der Waals surface area contributed by atoms with Crippen LogP contribution >= 0.6 is 0 Å². The maximum absolute atomic E-state index is 6.37. The molecule has 0 radical (unpaired) electrons. The second kappa shape index (κ2) is 8.68. The van der Waals surface area contributed by atoms with Gasteiger partial charge in [0.25, 0.3) is 0 Å². The quantitative estimate of drug-likeness (QED) is 0.597. The van der Waals surface area contributed by atoms with Gasteiger partial charge in [-0.05, 0) is 43.2 Å². The molecule has 3 fully saturated rings. The highest BCUT2D eigenvalue weighted by Gasteiger charge is 2.62. The van der Waals surface area contributed by atoms with Crippen molar-refractivity contribution in [2.75, 3.05) is 0 Å². The predicted molar refractivity (Wildman–Crippen MR) is 84.4 cm³/mol. The van der Waals surface area contributed by atoms with Gasteiger partial charge in [-0.25, -0.2) is 0 Å². The maximum atomic E-state index is 6.37. The van der Waals surface area contributed by atoms with E-state index >= 15 is 0 Å². The van der Waals surface area contributed by atoms with Gasteiger partial charge in [-0.2, -0.15) is 0 Å². The molecule has 3 unspecified atom stereocenters. The predicted octanol–water partition coefficient (Wildman–Crippen LogP) is 4.87. The lowest BCUT2D eigenvalue weighted by Gasteiger charge is -2.66. The summed E-state index contributed by atoms with van der Waals surface area (Å²) in [5, 5.41) is 5.50. The standard InChI is InChI=1S/C10H19N.C3H8.C2H6.CH3N/c1-7-4-5-8-6-10(7,11)9(8,2)3;1-3-2;2*1-2/h7-8H,4-6,11H2,1-3H3;3H2,1-2H3;1-2H3;2H,1H2. The van der Waals surface area contributed by atoms with Gasteiger partial charge >= 0.3 is 0 Å². The minimum Gasteiger partial charge on any atom is -0.324 e. The lowest BCUT2D eigenvalue weighted by atomic mass is 9.41. The molecule has 3 aliphatic carbocycles. The van der Waals surface area contributed by atoms with Gasteiger partial charge in [0, 0.05) is 5.54 Å². The summed E-state index contributed by atoms with van der Waals surface area (Å²) < 4.78 is 0. The molecule has 110 valence electrons. The minimum absolute atomic E-state index is 0.177. The number of rotatable bonds is 0. The summed E-state index contributed by atoms with van der Waals surface area (Å²) in [5.74, 6) is 1.66. The average Bonchev–Trinajstić information content (AvgIpc) is 2.38. The molecule has 3 saturated carbocycles. The lowest BCUT2D eigenvalue weighted by molar-refractivity contribution is -0.123. The van der Waals surface area contributed by atoms with Crippen molar-refractivity contribution in [1.82, 2.24) is 0 Å². The highest BCUT2D eigenvalue weighted by molar-refractivity contribution is 5.17. The monoisotopic (exact) mass is 256 g/mol. The lowest BCUT2D eigenvalue weighted by Crippen LogP contribution is -2.72. The molecule has 0 spiro atoms. The number of hydrogen-bond acceptors (Lipinski definition) is 2. The largest absolute Gasteiger partial charge is 0.324 e. The SMILES string of the molecule is C=N.CC.CC1CCC2CC1(N)C2(C)C.CCC. The Kier molecular flexibility index (Phi) is 9.63. The third-order valence-electron chi connectivity index (χ3n) is 4.63. The molecule has 0 aromatic rings. The Labute approximate surface area is 115 Å². The number of nitrogens with two attached hydrogens (primary N) is 1. The van der Waals surface area contributed by atoms with Crippen LogP contribution in [0.25, 0.3) is 0 Å². The first-order valence-corrected chi connectivity index (χ1v) is 7.54. The molecule has 0 aliphatic heterocycles. The van der Waals surface area contributed by atoms with Gasteiger partial charge in [-0.15, -0.1) is 0 Å². The Morgan fingerprint density at radius 1 is 1.17 bits per heavy atom. The van der Waals surface area contributed by atoms with Crippen molar-refractivity contribution in [3.63, 3.8) is 0 Å². The fourth-order valence-electron chi connectivity index (χ4n) is 3.18. The molecular formula is C16H36N2. The van der Waals surface area contributed by atoms with Crippen molar-refractivity contribution >= 4 is 6.72 Å². The summed E-state index contributed by atoms with van der Waals surface area (Å²) >= 11 is 0. The Bertz CT molecular complexity index is 213. The summed E-state index contributed by atoms with van der Waals surface area (Å²) in [4.78, 5) is 0. The van der Waals surface area contributed by atoms with E-state index in [4.69, 9.17) is 11.1 Å². The molecule has 0 heterocycles. The van der Waals surface area contributed by atoms with Crippen molar-refractivity contribution in [3.8, 4) is 0 Å². The molecule has 0 saturated heterocycles. The highest BCUT2D eigenvalue weighted by Crippen LogP contribution is 2.62. The summed E-state index contributed by atoms with van der Waals surface area (Å²) in [6, 6.07) is 0. The third-order valence-corrected chi connectivity index (χ3v) is 4.63. The number of hydrogen-bond donors (Lipinski definition) is 2. The van der Waals surface area contributed by atoms with Crippen LogP contribution in [-0.4, -0.2) is 12.3 Å². The fraction of sp³-hybridized carbons (Fsp3) is 0.938. The first-order chi connectivity index (χ1) is 8.40. The van der Waals surface area contributed by atoms with Crippen molar-refractivity contribution in [2.45, 2.75) is 79.7 Å². The van der Waals surface area contributed by atoms with Crippen LogP contribution in [0, 0.1) is 22.7 Å². The Hall–Kier alpha value is -0.370. The molecule has 3 atom stereocenters. The summed E-state index contributed by atoms with van der Waals surface area (Å²) in [5.41, 5.74) is 6.96. The molecule has 3 N–H and O–H groups in total. The van der Waals surface area contributed by atoms with E-state index in [1.54, 1.807) is 0 Å². The number of nitrogens with one attached hydrogen (secondary N) is 1. The Morgan fingerprint density at radius 2 is 1.56 bits per heavy atom. The van der Waals surface area contributed by atoms with Gasteiger partial charge in [0.05, 0.1) is 0 Å². The first kappa shape index (κ1) is 20.0. The van der Waals surface area contributed by atoms with Crippen LogP contribution in [0.15, 0.2) is 0 Å². The first-order valence-electron chi connectivity index (χ1n) is 7.54. The van der Waals surface area contributed by atoms with E-state index in [2.05, 4.69) is 41.3 Å². The van der Waals surface area contributed by atoms with E-state index in [0.717, 1.165) is 11.8 Å². The topological polar surface area (TPSA) is 49.9 Å². The van der Waals surface area contributed by atoms with Crippen LogP contribution in [0.4, 0.5) is 0 Å². The normalized spacial score (nSPS) is 34.2. The van der Waals surface area contributed by atoms with Gasteiger partial charge in [0.15, 0.2) is 0 Å². The van der Waals surface area contributed by atoms with Crippen LogP contribution in [0.3, 0.4) is 0 Å². The van der Waals surface area contributed by atoms with Crippen molar-refractivity contribution in [2.24, 2.45) is 23.0 Å². The van der Waals surface area contributed by atoms with E-state index in [1.807, 2.05) is 13.8 Å². The average molecular weight is 256 g/mol. The van der Waals surface area contributed by atoms with Gasteiger partial charge in [0.1, 0.15) is 0 Å². The zero-order valence-electron chi connectivity index (χ0n) is 13.8. The van der Waals surface area contributed by atoms with Crippen LogP contribution in [0.5, 0.6) is 0 Å². The number of fused-ring (bicyclic) bond motifs is 2. The summed E-state index contributed by atoms with van der Waals surface area (Å²) in [6.07, 6.45) is 5.29. The second-order valence-electron chi connectivity index (χ2n) is 5.85. The molecule has 3 aliphatic rings. The van der Waals surface area contributed by atoms with Crippen LogP contribution in [0.2, 0.25) is 0 Å². The van der Waals surface area contributed by atoms with Gasteiger partial charge in [-0.1, -0.05) is 54.9 Å². The molecule has 3 rings (SSSR count). The van der Waals surface area contributed by atoms with Crippen LogP contribution in [-0.2, 0) is 0 Å². The molecule has 2 nitrogen and oxygen atoms in total. The smallest absolute Gasteiger partial charge is 0.0237 e. The maximum Gasteiger partial charge on any atom is 0.0237 e. The summed E-state index contributed by atoms with van der Waals surface area (Å²) in [7, 11) is 0. The Balaban J connectivity index is 0. The van der Waals surface area contributed by atoms with E-state index in [0.29, 0.717) is 5.41 Å². The van der Waals surface area contributed by atoms with Gasteiger partial charge < -0.3 is 11.1 Å². The van der Waals surface area contributed by atoms with E-state index in [1.165, 1.54) is 25.7 Å². The zero-order valence-corrected chi connectivity index (χ0v) is 13.8. The summed E-state index contributed by atoms with van der Waals surface area (Å²) in [6.45, 7) is 17.8. The van der Waals surface area contributed by atoms with Crippen molar-refractivity contribution in [1.29, 1.82) is 5.41 Å². The second-order valence-corrected chi connectivity index (χ2v) is 5.85. The van der Waals surface area contributed by atoms with E-state index in [9.17, 15) is 0 Å². The molecule has 2 heteroatoms. The van der Waals surface area contributed by atoms with Gasteiger partial charge in [-0.3, -0.25) is 0 Å².